The number of rotatable bonds is 9. The van der Waals surface area contributed by atoms with Crippen LogP contribution in [0.2, 0.25) is 0 Å². The maximum atomic E-state index is 12.6. The smallest absolute Gasteiger partial charge is 0.261 e. The van der Waals surface area contributed by atoms with E-state index in [1.54, 1.807) is 43.5 Å². The molecule has 7 heteroatoms. The standard InChI is InChI=1S/C25H28N2O4S/c1-18-8-13-21(14-9-18)27-32(29,30)22-15-10-20(11-16-22)12-17-25(28)26-19(2)23-6-4-5-7-24(23)31-3/h4-11,13-16,19,27H,12,17H2,1-3H3,(H,26,28). The van der Waals surface area contributed by atoms with E-state index in [2.05, 4.69) is 10.0 Å². The third-order valence-electron chi connectivity index (χ3n) is 5.16. The summed E-state index contributed by atoms with van der Waals surface area (Å²) in [6, 6.07) is 21.1. The van der Waals surface area contributed by atoms with Crippen molar-refractivity contribution in [3.05, 3.63) is 89.5 Å². The summed E-state index contributed by atoms with van der Waals surface area (Å²) in [6.07, 6.45) is 0.809. The second kappa shape index (κ2) is 10.3. The topological polar surface area (TPSA) is 84.5 Å². The van der Waals surface area contributed by atoms with E-state index in [1.807, 2.05) is 50.2 Å². The molecular formula is C25H28N2O4S. The summed E-state index contributed by atoms with van der Waals surface area (Å²) in [7, 11) is -2.06. The van der Waals surface area contributed by atoms with E-state index in [1.165, 1.54) is 0 Å². The molecule has 0 aromatic heterocycles. The first kappa shape index (κ1) is 23.3. The van der Waals surface area contributed by atoms with Crippen LogP contribution in [0.4, 0.5) is 5.69 Å². The Morgan fingerprint density at radius 2 is 1.62 bits per heavy atom. The zero-order chi connectivity index (χ0) is 23.1. The zero-order valence-corrected chi connectivity index (χ0v) is 19.3. The summed E-state index contributed by atoms with van der Waals surface area (Å²) < 4.78 is 33.1. The number of para-hydroxylation sites is 1. The molecule has 0 aliphatic heterocycles. The van der Waals surface area contributed by atoms with Crippen LogP contribution in [0, 0.1) is 6.92 Å². The van der Waals surface area contributed by atoms with Gasteiger partial charge in [0.1, 0.15) is 5.75 Å². The molecule has 1 atom stereocenters. The number of hydrogen-bond donors (Lipinski definition) is 2. The van der Waals surface area contributed by atoms with Gasteiger partial charge in [-0.2, -0.15) is 0 Å². The summed E-state index contributed by atoms with van der Waals surface area (Å²) in [4.78, 5) is 12.6. The number of nitrogens with one attached hydrogen (secondary N) is 2. The second-order valence-electron chi connectivity index (χ2n) is 7.65. The summed E-state index contributed by atoms with van der Waals surface area (Å²) in [5, 5.41) is 2.98. The number of carbonyl (C=O) groups excluding carboxylic acids is 1. The third-order valence-corrected chi connectivity index (χ3v) is 6.56. The predicted octanol–water partition coefficient (Wildman–Crippen LogP) is 4.61. The van der Waals surface area contributed by atoms with Crippen molar-refractivity contribution in [3.63, 3.8) is 0 Å². The van der Waals surface area contributed by atoms with E-state index in [4.69, 9.17) is 4.74 Å². The Kier molecular flexibility index (Phi) is 7.53. The number of ether oxygens (including phenoxy) is 1. The highest BCUT2D eigenvalue weighted by atomic mass is 32.2. The SMILES string of the molecule is COc1ccccc1C(C)NC(=O)CCc1ccc(S(=O)(=O)Nc2ccc(C)cc2)cc1. The first-order chi connectivity index (χ1) is 15.3. The average molecular weight is 453 g/mol. The predicted molar refractivity (Wildman–Crippen MR) is 126 cm³/mol. The summed E-state index contributed by atoms with van der Waals surface area (Å²) in [5.41, 5.74) is 3.37. The number of aryl methyl sites for hydroxylation is 2. The molecule has 2 N–H and O–H groups in total. The molecule has 0 heterocycles. The Labute approximate surface area is 189 Å². The molecule has 1 unspecified atom stereocenters. The van der Waals surface area contributed by atoms with Crippen LogP contribution < -0.4 is 14.8 Å². The van der Waals surface area contributed by atoms with Gasteiger partial charge < -0.3 is 10.1 Å². The van der Waals surface area contributed by atoms with Crippen LogP contribution in [-0.2, 0) is 21.2 Å². The fourth-order valence-electron chi connectivity index (χ4n) is 3.34. The molecule has 3 aromatic rings. The number of benzene rings is 3. The van der Waals surface area contributed by atoms with Gasteiger partial charge in [0.25, 0.3) is 10.0 Å². The molecule has 0 saturated carbocycles. The van der Waals surface area contributed by atoms with Gasteiger partial charge in [0, 0.05) is 17.7 Å². The number of hydrogen-bond acceptors (Lipinski definition) is 4. The van der Waals surface area contributed by atoms with Crippen LogP contribution in [0.15, 0.2) is 77.7 Å². The van der Waals surface area contributed by atoms with Gasteiger partial charge >= 0.3 is 0 Å². The van der Waals surface area contributed by atoms with E-state index in [-0.39, 0.29) is 16.8 Å². The fraction of sp³-hybridized carbons (Fsp3) is 0.240. The molecule has 0 bridgehead atoms. The van der Waals surface area contributed by atoms with Crippen molar-refractivity contribution in [3.8, 4) is 5.75 Å². The van der Waals surface area contributed by atoms with Gasteiger partial charge in [0.2, 0.25) is 5.91 Å². The van der Waals surface area contributed by atoms with Crippen molar-refractivity contribution in [2.45, 2.75) is 37.6 Å². The van der Waals surface area contributed by atoms with Gasteiger partial charge in [-0.3, -0.25) is 9.52 Å². The Balaban J connectivity index is 1.56. The van der Waals surface area contributed by atoms with E-state index < -0.39 is 10.0 Å². The van der Waals surface area contributed by atoms with Gasteiger partial charge in [0.05, 0.1) is 18.0 Å². The molecule has 3 aromatic carbocycles. The first-order valence-corrected chi connectivity index (χ1v) is 11.9. The number of sulfonamides is 1. The lowest BCUT2D eigenvalue weighted by molar-refractivity contribution is -0.121. The normalized spacial score (nSPS) is 12.1. The average Bonchev–Trinajstić information content (AvgIpc) is 2.79. The van der Waals surface area contributed by atoms with Crippen LogP contribution in [0.1, 0.15) is 36.1 Å². The number of methoxy groups -OCH3 is 1. The molecule has 32 heavy (non-hydrogen) atoms. The summed E-state index contributed by atoms with van der Waals surface area (Å²) >= 11 is 0. The minimum Gasteiger partial charge on any atom is -0.496 e. The Morgan fingerprint density at radius 3 is 2.28 bits per heavy atom. The van der Waals surface area contributed by atoms with E-state index >= 15 is 0 Å². The van der Waals surface area contributed by atoms with E-state index in [9.17, 15) is 13.2 Å². The molecule has 1 amide bonds. The van der Waals surface area contributed by atoms with Gasteiger partial charge in [-0.25, -0.2) is 8.42 Å². The molecule has 0 fully saturated rings. The molecule has 6 nitrogen and oxygen atoms in total. The second-order valence-corrected chi connectivity index (χ2v) is 9.33. The molecule has 3 rings (SSSR count). The van der Waals surface area contributed by atoms with Crippen molar-refractivity contribution in [1.29, 1.82) is 0 Å². The maximum absolute atomic E-state index is 12.6. The highest BCUT2D eigenvalue weighted by Crippen LogP contribution is 2.24. The molecule has 0 radical (unpaired) electrons. The lowest BCUT2D eigenvalue weighted by Crippen LogP contribution is -2.27. The van der Waals surface area contributed by atoms with E-state index in [0.29, 0.717) is 18.5 Å². The van der Waals surface area contributed by atoms with Crippen LogP contribution >= 0.6 is 0 Å². The number of anilines is 1. The minimum absolute atomic E-state index is 0.0823. The molecular weight excluding hydrogens is 424 g/mol. The monoisotopic (exact) mass is 452 g/mol. The molecule has 0 saturated heterocycles. The molecule has 0 spiro atoms. The van der Waals surface area contributed by atoms with Crippen molar-refractivity contribution < 1.29 is 17.9 Å². The Hall–Kier alpha value is -3.32. The van der Waals surface area contributed by atoms with Crippen molar-refractivity contribution in [1.82, 2.24) is 5.32 Å². The first-order valence-electron chi connectivity index (χ1n) is 10.4. The Bertz CT molecular complexity index is 1160. The number of amides is 1. The molecule has 0 aliphatic rings. The van der Waals surface area contributed by atoms with Crippen LogP contribution in [-0.4, -0.2) is 21.4 Å². The van der Waals surface area contributed by atoms with Crippen LogP contribution in [0.3, 0.4) is 0 Å². The van der Waals surface area contributed by atoms with Gasteiger partial charge in [0.15, 0.2) is 0 Å². The van der Waals surface area contributed by atoms with E-state index in [0.717, 1.165) is 22.4 Å². The van der Waals surface area contributed by atoms with Crippen molar-refractivity contribution >= 4 is 21.6 Å². The summed E-state index contributed by atoms with van der Waals surface area (Å²) in [6.45, 7) is 3.85. The summed E-state index contributed by atoms with van der Waals surface area (Å²) in [5.74, 6) is 0.650. The third kappa shape index (κ3) is 6.11. The van der Waals surface area contributed by atoms with Crippen LogP contribution in [0.5, 0.6) is 5.75 Å². The minimum atomic E-state index is -3.67. The van der Waals surface area contributed by atoms with Crippen molar-refractivity contribution in [2.75, 3.05) is 11.8 Å². The van der Waals surface area contributed by atoms with Gasteiger partial charge in [-0.05, 0) is 56.2 Å². The lowest BCUT2D eigenvalue weighted by atomic mass is 10.1. The van der Waals surface area contributed by atoms with Gasteiger partial charge in [-0.15, -0.1) is 0 Å². The highest BCUT2D eigenvalue weighted by Gasteiger charge is 2.15. The van der Waals surface area contributed by atoms with Crippen LogP contribution in [0.25, 0.3) is 0 Å². The van der Waals surface area contributed by atoms with Gasteiger partial charge in [-0.1, -0.05) is 48.0 Å². The quantitative estimate of drug-likeness (QED) is 0.496. The maximum Gasteiger partial charge on any atom is 0.261 e. The highest BCUT2D eigenvalue weighted by molar-refractivity contribution is 7.92. The lowest BCUT2D eigenvalue weighted by Gasteiger charge is -2.17. The fourth-order valence-corrected chi connectivity index (χ4v) is 4.40. The molecule has 0 aliphatic carbocycles. The Morgan fingerprint density at radius 1 is 0.969 bits per heavy atom. The number of carbonyl (C=O) groups is 1. The zero-order valence-electron chi connectivity index (χ0n) is 18.5. The molecule has 168 valence electrons. The van der Waals surface area contributed by atoms with Crippen molar-refractivity contribution in [2.24, 2.45) is 0 Å². The largest absolute Gasteiger partial charge is 0.496 e.